The lowest BCUT2D eigenvalue weighted by Gasteiger charge is -2.31. The van der Waals surface area contributed by atoms with Crippen LogP contribution in [0.5, 0.6) is 0 Å². The highest BCUT2D eigenvalue weighted by atomic mass is 35.5. The van der Waals surface area contributed by atoms with Crippen molar-refractivity contribution in [2.75, 3.05) is 13.1 Å². The van der Waals surface area contributed by atoms with Crippen LogP contribution in [0, 0.1) is 0 Å². The molecule has 3 heterocycles. The third kappa shape index (κ3) is 3.04. The van der Waals surface area contributed by atoms with Crippen LogP contribution in [0.4, 0.5) is 0 Å². The fourth-order valence-corrected chi connectivity index (χ4v) is 3.70. The van der Waals surface area contributed by atoms with E-state index in [2.05, 4.69) is 44.7 Å². The van der Waals surface area contributed by atoms with Gasteiger partial charge in [0.05, 0.1) is 12.1 Å². The van der Waals surface area contributed by atoms with E-state index >= 15 is 0 Å². The summed E-state index contributed by atoms with van der Waals surface area (Å²) in [4.78, 5) is 11.5. The van der Waals surface area contributed by atoms with E-state index in [9.17, 15) is 0 Å². The van der Waals surface area contributed by atoms with E-state index < -0.39 is 0 Å². The number of benzene rings is 1. The Labute approximate surface area is 147 Å². The molecule has 124 valence electrons. The summed E-state index contributed by atoms with van der Waals surface area (Å²) in [5.74, 6) is 1.73. The van der Waals surface area contributed by atoms with Crippen LogP contribution in [0.1, 0.15) is 30.1 Å². The van der Waals surface area contributed by atoms with Crippen LogP contribution in [0.3, 0.4) is 0 Å². The first kappa shape index (κ1) is 15.6. The van der Waals surface area contributed by atoms with Gasteiger partial charge < -0.3 is 4.57 Å². The zero-order valence-corrected chi connectivity index (χ0v) is 14.6. The van der Waals surface area contributed by atoms with Gasteiger partial charge in [-0.1, -0.05) is 23.7 Å². The molecule has 0 N–H and O–H groups in total. The number of aromatic nitrogens is 3. The zero-order valence-electron chi connectivity index (χ0n) is 13.8. The van der Waals surface area contributed by atoms with Crippen LogP contribution < -0.4 is 0 Å². The Hall–Kier alpha value is -1.91. The standard InChI is InChI=1S/C19H21ClN4/c1-23-17-3-2-10-21-19(17)22-18(23)13-24-11-8-15(9-12-24)14-4-6-16(20)7-5-14/h2-7,10,15H,8-9,11-13H2,1H3. The molecule has 24 heavy (non-hydrogen) atoms. The highest BCUT2D eigenvalue weighted by Crippen LogP contribution is 2.29. The monoisotopic (exact) mass is 340 g/mol. The number of aryl methyl sites for hydroxylation is 1. The van der Waals surface area contributed by atoms with Crippen LogP contribution >= 0.6 is 11.6 Å². The topological polar surface area (TPSA) is 34.0 Å². The van der Waals surface area contributed by atoms with Crippen molar-refractivity contribution in [1.29, 1.82) is 0 Å². The second-order valence-corrected chi connectivity index (χ2v) is 6.97. The van der Waals surface area contributed by atoms with Crippen LogP contribution in [-0.4, -0.2) is 32.5 Å². The molecule has 0 amide bonds. The largest absolute Gasteiger partial charge is 0.329 e. The fraction of sp³-hybridized carbons (Fsp3) is 0.368. The molecule has 0 radical (unpaired) electrons. The first-order valence-corrected chi connectivity index (χ1v) is 8.82. The number of nitrogens with zero attached hydrogens (tertiary/aromatic N) is 4. The molecule has 3 aromatic rings. The van der Waals surface area contributed by atoms with Crippen LogP contribution in [0.25, 0.3) is 11.2 Å². The fourth-order valence-electron chi connectivity index (χ4n) is 3.57. The number of hydrogen-bond acceptors (Lipinski definition) is 3. The number of piperidine rings is 1. The molecule has 0 bridgehead atoms. The highest BCUT2D eigenvalue weighted by Gasteiger charge is 2.22. The summed E-state index contributed by atoms with van der Waals surface area (Å²) >= 11 is 5.99. The van der Waals surface area contributed by atoms with Crippen molar-refractivity contribution in [3.8, 4) is 0 Å². The van der Waals surface area contributed by atoms with Gasteiger partial charge in [0, 0.05) is 18.3 Å². The van der Waals surface area contributed by atoms with Gasteiger partial charge in [0.25, 0.3) is 0 Å². The van der Waals surface area contributed by atoms with Gasteiger partial charge in [0.2, 0.25) is 0 Å². The lowest BCUT2D eigenvalue weighted by molar-refractivity contribution is 0.199. The molecule has 4 nitrogen and oxygen atoms in total. The number of likely N-dealkylation sites (tertiary alicyclic amines) is 1. The van der Waals surface area contributed by atoms with Gasteiger partial charge in [0.15, 0.2) is 5.65 Å². The number of halogens is 1. The smallest absolute Gasteiger partial charge is 0.177 e. The van der Waals surface area contributed by atoms with Crippen molar-refractivity contribution < 1.29 is 0 Å². The van der Waals surface area contributed by atoms with E-state index in [0.717, 1.165) is 41.6 Å². The molecule has 4 rings (SSSR count). The van der Waals surface area contributed by atoms with Crippen LogP contribution in [0.15, 0.2) is 42.6 Å². The SMILES string of the molecule is Cn1c(CN2CCC(c3ccc(Cl)cc3)CC2)nc2ncccc21. The van der Waals surface area contributed by atoms with Crippen molar-refractivity contribution in [3.05, 3.63) is 59.0 Å². The maximum Gasteiger partial charge on any atom is 0.177 e. The number of fused-ring (bicyclic) bond motifs is 1. The van der Waals surface area contributed by atoms with Gasteiger partial charge in [-0.25, -0.2) is 9.97 Å². The average molecular weight is 341 g/mol. The van der Waals surface area contributed by atoms with E-state index in [4.69, 9.17) is 11.6 Å². The quantitative estimate of drug-likeness (QED) is 0.722. The molecule has 2 aromatic heterocycles. The number of hydrogen-bond donors (Lipinski definition) is 0. The van der Waals surface area contributed by atoms with Crippen molar-refractivity contribution in [3.63, 3.8) is 0 Å². The molecule has 1 aliphatic rings. The lowest BCUT2D eigenvalue weighted by Crippen LogP contribution is -2.33. The molecule has 0 saturated carbocycles. The molecular formula is C19H21ClN4. The third-order valence-corrected chi connectivity index (χ3v) is 5.30. The Bertz CT molecular complexity index is 832. The van der Waals surface area contributed by atoms with Crippen LogP contribution in [-0.2, 0) is 13.6 Å². The predicted octanol–water partition coefficient (Wildman–Crippen LogP) is 4.00. The van der Waals surface area contributed by atoms with Crippen LogP contribution in [0.2, 0.25) is 5.02 Å². The molecule has 1 saturated heterocycles. The minimum Gasteiger partial charge on any atom is -0.329 e. The molecule has 1 fully saturated rings. The molecule has 1 aliphatic heterocycles. The Kier molecular flexibility index (Phi) is 4.25. The summed E-state index contributed by atoms with van der Waals surface area (Å²) in [5, 5.41) is 0.812. The summed E-state index contributed by atoms with van der Waals surface area (Å²) in [6, 6.07) is 12.4. The second kappa shape index (κ2) is 6.54. The van der Waals surface area contributed by atoms with Gasteiger partial charge in [-0.3, -0.25) is 4.90 Å². The van der Waals surface area contributed by atoms with E-state index in [-0.39, 0.29) is 0 Å². The minimum absolute atomic E-state index is 0.639. The Morgan fingerprint density at radius 3 is 2.58 bits per heavy atom. The van der Waals surface area contributed by atoms with Gasteiger partial charge in [0.1, 0.15) is 5.82 Å². The highest BCUT2D eigenvalue weighted by molar-refractivity contribution is 6.30. The second-order valence-electron chi connectivity index (χ2n) is 6.54. The molecular weight excluding hydrogens is 320 g/mol. The van der Waals surface area contributed by atoms with E-state index in [1.165, 1.54) is 18.4 Å². The lowest BCUT2D eigenvalue weighted by atomic mass is 9.89. The maximum absolute atomic E-state index is 5.99. The summed E-state index contributed by atoms with van der Waals surface area (Å²) < 4.78 is 2.16. The average Bonchev–Trinajstić information content (AvgIpc) is 2.93. The minimum atomic E-state index is 0.639. The van der Waals surface area contributed by atoms with E-state index in [1.807, 2.05) is 18.2 Å². The Morgan fingerprint density at radius 2 is 1.88 bits per heavy atom. The van der Waals surface area contributed by atoms with Gasteiger partial charge >= 0.3 is 0 Å². The normalized spacial score (nSPS) is 16.8. The Balaban J connectivity index is 1.42. The number of pyridine rings is 1. The Morgan fingerprint density at radius 1 is 1.12 bits per heavy atom. The molecule has 0 aliphatic carbocycles. The molecule has 5 heteroatoms. The van der Waals surface area contributed by atoms with Crippen molar-refractivity contribution in [1.82, 2.24) is 19.4 Å². The predicted molar refractivity (Wildman–Crippen MR) is 97.2 cm³/mol. The van der Waals surface area contributed by atoms with Crippen molar-refractivity contribution in [2.24, 2.45) is 7.05 Å². The molecule has 0 unspecified atom stereocenters. The molecule has 0 spiro atoms. The molecule has 1 aromatic carbocycles. The zero-order chi connectivity index (χ0) is 16.5. The summed E-state index contributed by atoms with van der Waals surface area (Å²) in [6.45, 7) is 3.09. The summed E-state index contributed by atoms with van der Waals surface area (Å²) in [7, 11) is 2.08. The van der Waals surface area contributed by atoms with Gasteiger partial charge in [-0.05, 0) is 61.7 Å². The summed E-state index contributed by atoms with van der Waals surface area (Å²) in [6.07, 6.45) is 4.17. The maximum atomic E-state index is 5.99. The third-order valence-electron chi connectivity index (χ3n) is 5.04. The van der Waals surface area contributed by atoms with Crippen molar-refractivity contribution >= 4 is 22.8 Å². The summed E-state index contributed by atoms with van der Waals surface area (Å²) in [5.41, 5.74) is 3.35. The molecule has 0 atom stereocenters. The first-order chi connectivity index (χ1) is 11.7. The first-order valence-electron chi connectivity index (χ1n) is 8.45. The van der Waals surface area contributed by atoms with E-state index in [0.29, 0.717) is 5.92 Å². The van der Waals surface area contributed by atoms with E-state index in [1.54, 1.807) is 6.20 Å². The van der Waals surface area contributed by atoms with Gasteiger partial charge in [-0.2, -0.15) is 0 Å². The number of imidazole rings is 1. The van der Waals surface area contributed by atoms with Gasteiger partial charge in [-0.15, -0.1) is 0 Å². The van der Waals surface area contributed by atoms with Crippen molar-refractivity contribution in [2.45, 2.75) is 25.3 Å². The number of rotatable bonds is 3.